The first-order chi connectivity index (χ1) is 20.2. The maximum Gasteiger partial charge on any atom is 0.242 e. The first-order valence-electron chi connectivity index (χ1n) is 14.8. The first kappa shape index (κ1) is 27.8. The minimum Gasteiger partial charge on any atom is -0.378 e. The van der Waals surface area contributed by atoms with Crippen LogP contribution in [-0.2, 0) is 9.59 Å². The van der Waals surface area contributed by atoms with E-state index in [9.17, 15) is 9.59 Å². The molecule has 0 radical (unpaired) electrons. The zero-order valence-corrected chi connectivity index (χ0v) is 25.0. The molecule has 1 N–H and O–H groups in total. The predicted octanol–water partition coefficient (Wildman–Crippen LogP) is 5.11. The summed E-state index contributed by atoms with van der Waals surface area (Å²) in [6.07, 6.45) is 3.05. The molecular formula is C34H40N6O2. The Morgan fingerprint density at radius 3 is 2.36 bits per heavy atom. The number of rotatable bonds is 5. The van der Waals surface area contributed by atoms with Crippen molar-refractivity contribution in [2.24, 2.45) is 5.41 Å². The number of piperazine rings is 1. The Morgan fingerprint density at radius 2 is 1.67 bits per heavy atom. The molecule has 6 rings (SSSR count). The average Bonchev–Trinajstić information content (AvgIpc) is 3.11. The van der Waals surface area contributed by atoms with E-state index in [1.54, 1.807) is 6.20 Å². The summed E-state index contributed by atoms with van der Waals surface area (Å²) in [5, 5.41) is 3.65. The number of ketones is 1. The fraction of sp³-hybridized carbons (Fsp3) is 0.382. The van der Waals surface area contributed by atoms with E-state index < -0.39 is 0 Å². The molecule has 0 saturated carbocycles. The van der Waals surface area contributed by atoms with E-state index in [4.69, 9.17) is 0 Å². The summed E-state index contributed by atoms with van der Waals surface area (Å²) in [4.78, 5) is 40.9. The van der Waals surface area contributed by atoms with Gasteiger partial charge in [0.15, 0.2) is 5.78 Å². The van der Waals surface area contributed by atoms with Gasteiger partial charge in [-0.25, -0.2) is 4.98 Å². The van der Waals surface area contributed by atoms with Crippen molar-refractivity contribution in [3.8, 4) is 0 Å². The molecule has 3 aromatic rings. The van der Waals surface area contributed by atoms with Gasteiger partial charge in [-0.2, -0.15) is 0 Å². The van der Waals surface area contributed by atoms with Crippen LogP contribution >= 0.6 is 0 Å². The molecule has 42 heavy (non-hydrogen) atoms. The van der Waals surface area contributed by atoms with Gasteiger partial charge in [0.05, 0.1) is 24.0 Å². The molecule has 3 aliphatic rings. The number of hydrogen-bond donors (Lipinski definition) is 1. The number of amides is 1. The van der Waals surface area contributed by atoms with Crippen LogP contribution in [0.1, 0.15) is 38.3 Å². The molecule has 1 aromatic heterocycles. The fourth-order valence-corrected chi connectivity index (χ4v) is 6.50. The Bertz CT molecular complexity index is 1490. The SMILES string of the molecule is CN(C)c1ccc(C2C3=C(CC(C)(C)CC3=O)Nc3ccccc3N2CC(=O)N2CCN(c3ccccn3)CC2)cc1. The molecule has 3 heterocycles. The lowest BCUT2D eigenvalue weighted by Gasteiger charge is -2.40. The molecule has 0 bridgehead atoms. The van der Waals surface area contributed by atoms with Gasteiger partial charge in [0.25, 0.3) is 0 Å². The molecule has 2 aliphatic heterocycles. The van der Waals surface area contributed by atoms with Gasteiger partial charge >= 0.3 is 0 Å². The smallest absolute Gasteiger partial charge is 0.242 e. The van der Waals surface area contributed by atoms with Gasteiger partial charge in [-0.05, 0) is 53.8 Å². The summed E-state index contributed by atoms with van der Waals surface area (Å²) in [5.74, 6) is 1.15. The van der Waals surface area contributed by atoms with Gasteiger partial charge in [0, 0.05) is 69.8 Å². The summed E-state index contributed by atoms with van der Waals surface area (Å²) >= 11 is 0. The molecule has 1 unspecified atom stereocenters. The van der Waals surface area contributed by atoms with Crippen LogP contribution in [0, 0.1) is 5.41 Å². The first-order valence-corrected chi connectivity index (χ1v) is 14.8. The van der Waals surface area contributed by atoms with Gasteiger partial charge < -0.3 is 24.9 Å². The van der Waals surface area contributed by atoms with Crippen LogP contribution in [0.25, 0.3) is 0 Å². The summed E-state index contributed by atoms with van der Waals surface area (Å²) in [6.45, 7) is 7.22. The highest BCUT2D eigenvalue weighted by Gasteiger charge is 2.42. The van der Waals surface area contributed by atoms with Gasteiger partial charge in [-0.3, -0.25) is 9.59 Å². The third-order valence-electron chi connectivity index (χ3n) is 8.64. The molecule has 1 saturated heterocycles. The zero-order valence-electron chi connectivity index (χ0n) is 25.0. The van der Waals surface area contributed by atoms with Crippen LogP contribution in [-0.4, -0.2) is 68.4 Å². The van der Waals surface area contributed by atoms with Gasteiger partial charge in [-0.1, -0.05) is 44.2 Å². The second-order valence-corrected chi connectivity index (χ2v) is 12.5. The number of para-hydroxylation sites is 2. The monoisotopic (exact) mass is 564 g/mol. The number of anilines is 4. The molecule has 1 atom stereocenters. The van der Waals surface area contributed by atoms with Crippen LogP contribution in [0.15, 0.2) is 84.2 Å². The van der Waals surface area contributed by atoms with E-state index in [1.165, 1.54) is 0 Å². The van der Waals surface area contributed by atoms with E-state index in [-0.39, 0.29) is 29.7 Å². The van der Waals surface area contributed by atoms with E-state index in [0.29, 0.717) is 19.5 Å². The molecule has 218 valence electrons. The molecule has 0 spiro atoms. The largest absolute Gasteiger partial charge is 0.378 e. The number of carbonyl (C=O) groups excluding carboxylic acids is 2. The lowest BCUT2D eigenvalue weighted by Crippen LogP contribution is -2.52. The van der Waals surface area contributed by atoms with Crippen LogP contribution in [0.2, 0.25) is 0 Å². The second-order valence-electron chi connectivity index (χ2n) is 12.5. The standard InChI is InChI=1S/C34H40N6O2/c1-34(2)21-27-32(29(41)22-34)33(24-12-14-25(15-13-24)37(3)4)40(28-10-6-5-9-26(28)36-27)23-31(42)39-19-17-38(18-20-39)30-11-7-8-16-35-30/h5-16,33,36H,17-23H2,1-4H3. The molecule has 1 aliphatic carbocycles. The van der Waals surface area contributed by atoms with Gasteiger partial charge in [0.2, 0.25) is 5.91 Å². The number of carbonyl (C=O) groups is 2. The normalized spacial score (nSPS) is 20.0. The Labute approximate surface area is 248 Å². The van der Waals surface area contributed by atoms with Crippen molar-refractivity contribution >= 4 is 34.6 Å². The minimum atomic E-state index is -0.380. The van der Waals surface area contributed by atoms with E-state index in [1.807, 2.05) is 55.4 Å². The van der Waals surface area contributed by atoms with Crippen molar-refractivity contribution in [2.75, 3.05) is 66.8 Å². The fourth-order valence-electron chi connectivity index (χ4n) is 6.50. The van der Waals surface area contributed by atoms with Crippen molar-refractivity contribution in [3.63, 3.8) is 0 Å². The number of allylic oxidation sites excluding steroid dienone is 1. The molecule has 8 heteroatoms. The number of fused-ring (bicyclic) bond motifs is 1. The van der Waals surface area contributed by atoms with Crippen molar-refractivity contribution < 1.29 is 9.59 Å². The number of benzene rings is 2. The second kappa shape index (κ2) is 11.2. The Hall–Kier alpha value is -4.33. The summed E-state index contributed by atoms with van der Waals surface area (Å²) in [6, 6.07) is 22.1. The van der Waals surface area contributed by atoms with Crippen LogP contribution in [0.5, 0.6) is 0 Å². The highest BCUT2D eigenvalue weighted by Crippen LogP contribution is 2.48. The minimum absolute atomic E-state index is 0.0630. The molecule has 1 fully saturated rings. The summed E-state index contributed by atoms with van der Waals surface area (Å²) in [7, 11) is 4.04. The van der Waals surface area contributed by atoms with Crippen LogP contribution in [0.4, 0.5) is 22.9 Å². The number of aromatic nitrogens is 1. The lowest BCUT2D eigenvalue weighted by molar-refractivity contribution is -0.130. The number of nitrogens with zero attached hydrogens (tertiary/aromatic N) is 5. The van der Waals surface area contributed by atoms with Crippen molar-refractivity contribution in [2.45, 2.75) is 32.7 Å². The molecule has 1 amide bonds. The number of pyridine rings is 1. The number of Topliss-reactive ketones (excluding diaryl/α,β-unsaturated/α-hetero) is 1. The lowest BCUT2D eigenvalue weighted by atomic mass is 9.73. The highest BCUT2D eigenvalue weighted by atomic mass is 16.2. The Morgan fingerprint density at radius 1 is 0.952 bits per heavy atom. The molecular weight excluding hydrogens is 524 g/mol. The topological polar surface area (TPSA) is 72.0 Å². The number of nitrogens with one attached hydrogen (secondary N) is 1. The summed E-state index contributed by atoms with van der Waals surface area (Å²) in [5.41, 5.74) is 5.54. The maximum absolute atomic E-state index is 14.0. The van der Waals surface area contributed by atoms with Crippen molar-refractivity contribution in [1.29, 1.82) is 0 Å². The predicted molar refractivity (Wildman–Crippen MR) is 169 cm³/mol. The van der Waals surface area contributed by atoms with Gasteiger partial charge in [0.1, 0.15) is 5.82 Å². The maximum atomic E-state index is 14.0. The van der Waals surface area contributed by atoms with Crippen molar-refractivity contribution in [1.82, 2.24) is 9.88 Å². The number of hydrogen-bond acceptors (Lipinski definition) is 7. The third-order valence-corrected chi connectivity index (χ3v) is 8.64. The van der Waals surface area contributed by atoms with Crippen LogP contribution < -0.4 is 20.0 Å². The van der Waals surface area contributed by atoms with Gasteiger partial charge in [-0.15, -0.1) is 0 Å². The van der Waals surface area contributed by atoms with E-state index in [2.05, 4.69) is 69.2 Å². The molecule has 8 nitrogen and oxygen atoms in total. The summed E-state index contributed by atoms with van der Waals surface area (Å²) < 4.78 is 0. The molecule has 2 aromatic carbocycles. The zero-order chi connectivity index (χ0) is 29.4. The third kappa shape index (κ3) is 5.45. The van der Waals surface area contributed by atoms with E-state index >= 15 is 0 Å². The Kier molecular flexibility index (Phi) is 7.39. The quantitative estimate of drug-likeness (QED) is 0.462. The van der Waals surface area contributed by atoms with Crippen LogP contribution in [0.3, 0.4) is 0 Å². The average molecular weight is 565 g/mol. The van der Waals surface area contributed by atoms with Crippen molar-refractivity contribution in [3.05, 3.63) is 89.8 Å². The highest BCUT2D eigenvalue weighted by molar-refractivity contribution is 6.02. The Balaban J connectivity index is 1.36. The van der Waals surface area contributed by atoms with E-state index in [0.717, 1.165) is 59.2 Å².